The number of nitrogens with zero attached hydrogens (tertiary/aromatic N) is 2. The standard InChI is InChI=1S/C23H22N2O5/c1-13-8-9-14(2)18(10-13)24-12-17-22-16-6-4-5-7-20(16)30-21(22)11-19(25(27)28)23(17)29-15(3)26/h8-12H,4-7H2,1-3H3. The first-order chi connectivity index (χ1) is 14.3. The summed E-state index contributed by atoms with van der Waals surface area (Å²) in [5.41, 5.74) is 4.31. The van der Waals surface area contributed by atoms with Gasteiger partial charge in [0, 0.05) is 30.5 Å². The number of hydrogen-bond donors (Lipinski definition) is 0. The van der Waals surface area contributed by atoms with Gasteiger partial charge in [-0.3, -0.25) is 19.9 Å². The third kappa shape index (κ3) is 3.58. The predicted molar refractivity (Wildman–Crippen MR) is 114 cm³/mol. The van der Waals surface area contributed by atoms with Crippen molar-refractivity contribution in [3.63, 3.8) is 0 Å². The SMILES string of the molecule is CC(=O)Oc1c([N+](=O)[O-])cc2oc3c(c2c1C=Nc1cc(C)ccc1C)CCCC3. The summed E-state index contributed by atoms with van der Waals surface area (Å²) in [5, 5.41) is 12.5. The number of benzene rings is 2. The number of esters is 1. The van der Waals surface area contributed by atoms with Crippen LogP contribution in [0.25, 0.3) is 11.0 Å². The summed E-state index contributed by atoms with van der Waals surface area (Å²) in [6, 6.07) is 7.26. The highest BCUT2D eigenvalue weighted by molar-refractivity contribution is 6.06. The Morgan fingerprint density at radius 2 is 2.00 bits per heavy atom. The lowest BCUT2D eigenvalue weighted by Crippen LogP contribution is -2.08. The van der Waals surface area contributed by atoms with E-state index < -0.39 is 10.9 Å². The monoisotopic (exact) mass is 406 g/mol. The van der Waals surface area contributed by atoms with Crippen molar-refractivity contribution < 1.29 is 18.9 Å². The number of ether oxygens (including phenoxy) is 1. The zero-order chi connectivity index (χ0) is 21.4. The molecule has 7 nitrogen and oxygen atoms in total. The van der Waals surface area contributed by atoms with Crippen molar-refractivity contribution in [1.29, 1.82) is 0 Å². The molecule has 0 saturated carbocycles. The maximum Gasteiger partial charge on any atom is 0.316 e. The molecule has 0 saturated heterocycles. The molecule has 0 spiro atoms. The van der Waals surface area contributed by atoms with E-state index in [9.17, 15) is 14.9 Å². The molecule has 7 heteroatoms. The van der Waals surface area contributed by atoms with Gasteiger partial charge in [0.15, 0.2) is 0 Å². The fourth-order valence-corrected chi connectivity index (χ4v) is 3.93. The van der Waals surface area contributed by atoms with Crippen LogP contribution in [0.1, 0.15) is 47.8 Å². The average molecular weight is 406 g/mol. The summed E-state index contributed by atoms with van der Waals surface area (Å²) < 4.78 is 11.3. The lowest BCUT2D eigenvalue weighted by molar-refractivity contribution is -0.385. The predicted octanol–water partition coefficient (Wildman–Crippen LogP) is 5.51. The van der Waals surface area contributed by atoms with Crippen molar-refractivity contribution >= 4 is 34.5 Å². The normalized spacial score (nSPS) is 13.6. The topological polar surface area (TPSA) is 94.9 Å². The van der Waals surface area contributed by atoms with Crippen molar-refractivity contribution in [3.05, 3.63) is 62.4 Å². The summed E-state index contributed by atoms with van der Waals surface area (Å²) in [6.45, 7) is 5.15. The van der Waals surface area contributed by atoms with Crippen LogP contribution in [-0.2, 0) is 17.6 Å². The molecule has 0 unspecified atom stereocenters. The highest BCUT2D eigenvalue weighted by Gasteiger charge is 2.29. The van der Waals surface area contributed by atoms with Crippen LogP contribution in [0.15, 0.2) is 33.7 Å². The summed E-state index contributed by atoms with van der Waals surface area (Å²) in [7, 11) is 0. The van der Waals surface area contributed by atoms with Crippen molar-refractivity contribution in [2.24, 2.45) is 4.99 Å². The largest absolute Gasteiger partial charge is 0.460 e. The van der Waals surface area contributed by atoms with E-state index in [2.05, 4.69) is 4.99 Å². The summed E-state index contributed by atoms with van der Waals surface area (Å²) in [5.74, 6) is 0.117. The fraction of sp³-hybridized carbons (Fsp3) is 0.304. The lowest BCUT2D eigenvalue weighted by Gasteiger charge is -2.11. The molecule has 0 amide bonds. The number of furan rings is 1. The molecule has 30 heavy (non-hydrogen) atoms. The van der Waals surface area contributed by atoms with Gasteiger partial charge in [0.25, 0.3) is 0 Å². The van der Waals surface area contributed by atoms with Gasteiger partial charge in [0.1, 0.15) is 11.3 Å². The molecule has 0 aliphatic heterocycles. The smallest absolute Gasteiger partial charge is 0.316 e. The molecule has 3 aromatic rings. The lowest BCUT2D eigenvalue weighted by atomic mass is 9.93. The highest BCUT2D eigenvalue weighted by Crippen LogP contribution is 2.42. The minimum atomic E-state index is -0.629. The molecule has 4 rings (SSSR count). The van der Waals surface area contributed by atoms with Gasteiger partial charge >= 0.3 is 11.7 Å². The van der Waals surface area contributed by atoms with Gasteiger partial charge in [-0.25, -0.2) is 0 Å². The molecule has 0 bridgehead atoms. The van der Waals surface area contributed by atoms with Crippen molar-refractivity contribution in [2.75, 3.05) is 0 Å². The number of nitro benzene ring substituents is 1. The van der Waals surface area contributed by atoms with Crippen LogP contribution in [-0.4, -0.2) is 17.1 Å². The maximum absolute atomic E-state index is 11.8. The Labute approximate surface area is 173 Å². The number of aliphatic imine (C=N–C) groups is 1. The number of aryl methyl sites for hydroxylation is 4. The van der Waals surface area contributed by atoms with Gasteiger partial charge in [0.2, 0.25) is 5.75 Å². The second-order valence-corrected chi connectivity index (χ2v) is 7.62. The molecule has 0 fully saturated rings. The van der Waals surface area contributed by atoms with Gasteiger partial charge in [-0.05, 0) is 50.3 Å². The Hall–Kier alpha value is -3.48. The Bertz CT molecular complexity index is 1210. The van der Waals surface area contributed by atoms with Crippen molar-refractivity contribution in [2.45, 2.75) is 46.5 Å². The van der Waals surface area contributed by atoms with Gasteiger partial charge in [-0.1, -0.05) is 12.1 Å². The van der Waals surface area contributed by atoms with Crippen LogP contribution in [0.3, 0.4) is 0 Å². The molecule has 0 atom stereocenters. The first kappa shape index (κ1) is 19.8. The molecule has 1 heterocycles. The number of carbonyl (C=O) groups excluding carboxylic acids is 1. The number of fused-ring (bicyclic) bond motifs is 3. The highest BCUT2D eigenvalue weighted by atomic mass is 16.6. The second kappa shape index (κ2) is 7.74. The van der Waals surface area contributed by atoms with E-state index in [0.717, 1.165) is 59.2 Å². The quantitative estimate of drug-likeness (QED) is 0.187. The minimum Gasteiger partial charge on any atom is -0.460 e. The summed E-state index contributed by atoms with van der Waals surface area (Å²) in [6.07, 6.45) is 5.17. The van der Waals surface area contributed by atoms with Crippen LogP contribution in [0.5, 0.6) is 5.75 Å². The van der Waals surface area contributed by atoms with Gasteiger partial charge in [-0.2, -0.15) is 0 Å². The van der Waals surface area contributed by atoms with Gasteiger partial charge in [-0.15, -0.1) is 0 Å². The maximum atomic E-state index is 11.8. The third-order valence-electron chi connectivity index (χ3n) is 5.35. The zero-order valence-corrected chi connectivity index (χ0v) is 17.2. The van der Waals surface area contributed by atoms with E-state index >= 15 is 0 Å². The number of hydrogen-bond acceptors (Lipinski definition) is 6. The van der Waals surface area contributed by atoms with Crippen LogP contribution >= 0.6 is 0 Å². The number of carbonyl (C=O) groups is 1. The van der Waals surface area contributed by atoms with Crippen LogP contribution in [0, 0.1) is 24.0 Å². The fourth-order valence-electron chi connectivity index (χ4n) is 3.93. The first-order valence-corrected chi connectivity index (χ1v) is 9.90. The Balaban J connectivity index is 2.01. The van der Waals surface area contributed by atoms with Crippen molar-refractivity contribution in [1.82, 2.24) is 0 Å². The van der Waals surface area contributed by atoms with Crippen LogP contribution in [0.2, 0.25) is 0 Å². The zero-order valence-electron chi connectivity index (χ0n) is 17.2. The van der Waals surface area contributed by atoms with E-state index in [1.165, 1.54) is 13.0 Å². The third-order valence-corrected chi connectivity index (χ3v) is 5.35. The van der Waals surface area contributed by atoms with E-state index in [4.69, 9.17) is 9.15 Å². The number of rotatable bonds is 4. The summed E-state index contributed by atoms with van der Waals surface area (Å²) >= 11 is 0. The van der Waals surface area contributed by atoms with Crippen LogP contribution < -0.4 is 4.74 Å². The van der Waals surface area contributed by atoms with E-state index in [0.29, 0.717) is 11.1 Å². The molecular weight excluding hydrogens is 384 g/mol. The van der Waals surface area contributed by atoms with Gasteiger partial charge in [0.05, 0.1) is 22.2 Å². The number of nitro groups is 1. The second-order valence-electron chi connectivity index (χ2n) is 7.62. The molecule has 154 valence electrons. The Kier molecular flexibility index (Phi) is 5.11. The van der Waals surface area contributed by atoms with E-state index in [-0.39, 0.29) is 11.4 Å². The average Bonchev–Trinajstić information content (AvgIpc) is 3.07. The van der Waals surface area contributed by atoms with E-state index in [1.54, 1.807) is 6.21 Å². The molecule has 0 N–H and O–H groups in total. The molecule has 1 aliphatic carbocycles. The van der Waals surface area contributed by atoms with Gasteiger partial charge < -0.3 is 9.15 Å². The minimum absolute atomic E-state index is 0.0942. The Morgan fingerprint density at radius 1 is 1.23 bits per heavy atom. The Morgan fingerprint density at radius 3 is 2.73 bits per heavy atom. The van der Waals surface area contributed by atoms with E-state index in [1.807, 2.05) is 32.0 Å². The summed E-state index contributed by atoms with van der Waals surface area (Å²) in [4.78, 5) is 27.5. The molecular formula is C23H22N2O5. The molecule has 2 aromatic carbocycles. The first-order valence-electron chi connectivity index (χ1n) is 9.90. The van der Waals surface area contributed by atoms with Crippen LogP contribution in [0.4, 0.5) is 11.4 Å². The molecule has 1 aromatic heterocycles. The van der Waals surface area contributed by atoms with Crippen molar-refractivity contribution in [3.8, 4) is 5.75 Å². The molecule has 0 radical (unpaired) electrons. The molecule has 1 aliphatic rings.